The van der Waals surface area contributed by atoms with E-state index < -0.39 is 30.1 Å². The number of benzene rings is 1. The Kier molecular flexibility index (Phi) is 7.11. The second kappa shape index (κ2) is 9.96. The first-order valence-electron chi connectivity index (χ1n) is 9.86. The molecule has 166 valence electrons. The average molecular weight is 430 g/mol. The van der Waals surface area contributed by atoms with Crippen molar-refractivity contribution in [2.24, 2.45) is 0 Å². The molecule has 10 heteroatoms. The van der Waals surface area contributed by atoms with Crippen molar-refractivity contribution in [1.82, 2.24) is 20.2 Å². The topological polar surface area (TPSA) is 123 Å². The number of nitrogens with zero attached hydrogens (tertiary/aromatic N) is 2. The Balaban J connectivity index is 1.84. The molecule has 2 N–H and O–H groups in total. The molecule has 1 aliphatic rings. The highest BCUT2D eigenvalue weighted by Crippen LogP contribution is 2.34. The highest BCUT2D eigenvalue weighted by molar-refractivity contribution is 5.84. The summed E-state index contributed by atoms with van der Waals surface area (Å²) in [7, 11) is 4.09. The Morgan fingerprint density at radius 2 is 1.94 bits per heavy atom. The van der Waals surface area contributed by atoms with Crippen molar-refractivity contribution in [2.75, 3.05) is 27.9 Å². The summed E-state index contributed by atoms with van der Waals surface area (Å²) < 4.78 is 14.6. The third kappa shape index (κ3) is 4.96. The number of H-pyrrole nitrogens is 1. The molecule has 1 aliphatic heterocycles. The van der Waals surface area contributed by atoms with E-state index in [-0.39, 0.29) is 12.8 Å². The van der Waals surface area contributed by atoms with E-state index in [9.17, 15) is 14.4 Å². The van der Waals surface area contributed by atoms with Gasteiger partial charge in [-0.05, 0) is 24.1 Å². The largest absolute Gasteiger partial charge is 0.497 e. The van der Waals surface area contributed by atoms with Crippen molar-refractivity contribution in [3.05, 3.63) is 47.5 Å². The van der Waals surface area contributed by atoms with Gasteiger partial charge in [0.25, 0.3) is 0 Å². The summed E-state index contributed by atoms with van der Waals surface area (Å²) in [5.41, 5.74) is 2.56. The number of methoxy groups -OCH3 is 3. The van der Waals surface area contributed by atoms with Gasteiger partial charge in [0, 0.05) is 25.1 Å². The van der Waals surface area contributed by atoms with E-state index in [4.69, 9.17) is 9.47 Å². The number of ether oxygens (including phenoxy) is 3. The number of aromatic nitrogens is 2. The first-order valence-corrected chi connectivity index (χ1v) is 9.86. The van der Waals surface area contributed by atoms with E-state index in [1.54, 1.807) is 18.3 Å². The zero-order valence-electron chi connectivity index (χ0n) is 17.7. The number of nitrogens with one attached hydrogen (secondary N) is 2. The lowest BCUT2D eigenvalue weighted by Crippen LogP contribution is -2.51. The summed E-state index contributed by atoms with van der Waals surface area (Å²) >= 11 is 0. The molecule has 2 amide bonds. The van der Waals surface area contributed by atoms with Crippen molar-refractivity contribution in [1.29, 1.82) is 0 Å². The zero-order valence-corrected chi connectivity index (χ0v) is 17.7. The number of amides is 2. The average Bonchev–Trinajstić information content (AvgIpc) is 3.29. The van der Waals surface area contributed by atoms with Crippen LogP contribution in [-0.2, 0) is 25.5 Å². The van der Waals surface area contributed by atoms with Crippen LogP contribution in [0.5, 0.6) is 5.75 Å². The summed E-state index contributed by atoms with van der Waals surface area (Å²) in [5, 5.41) is 2.70. The van der Waals surface area contributed by atoms with Crippen molar-refractivity contribution < 1.29 is 28.6 Å². The molecule has 2 heterocycles. The maximum atomic E-state index is 13.2. The molecule has 0 fully saturated rings. The van der Waals surface area contributed by atoms with E-state index in [1.807, 2.05) is 24.3 Å². The molecular formula is C21H26N4O6. The van der Waals surface area contributed by atoms with Crippen molar-refractivity contribution in [3.8, 4) is 5.75 Å². The number of aromatic amines is 1. The van der Waals surface area contributed by atoms with E-state index in [0.717, 1.165) is 17.0 Å². The lowest BCUT2D eigenvalue weighted by Gasteiger charge is -2.36. The minimum absolute atomic E-state index is 0.0258. The molecular weight excluding hydrogens is 404 g/mol. The Bertz CT molecular complexity index is 926. The van der Waals surface area contributed by atoms with E-state index >= 15 is 0 Å². The minimum Gasteiger partial charge on any atom is -0.497 e. The molecule has 10 nitrogen and oxygen atoms in total. The van der Waals surface area contributed by atoms with Gasteiger partial charge in [-0.3, -0.25) is 4.79 Å². The summed E-state index contributed by atoms with van der Waals surface area (Å²) in [6.45, 7) is 0.419. The number of hydrogen-bond donors (Lipinski definition) is 2. The van der Waals surface area contributed by atoms with Gasteiger partial charge in [0.15, 0.2) is 0 Å². The second-order valence-electron chi connectivity index (χ2n) is 7.03. The summed E-state index contributed by atoms with van der Waals surface area (Å²) in [4.78, 5) is 46.1. The zero-order chi connectivity index (χ0) is 22.4. The highest BCUT2D eigenvalue weighted by atomic mass is 16.5. The standard InChI is InChI=1S/C21H26N4O6/c1-29-14-6-4-13(5-7-14)19-18-15(22-12-23-18)10-11-25(19)21(28)24-16(20(27)31-3)8-9-17(26)30-2/h4-7,12,16,19H,8-11H2,1-3H3,(H,22,23)(H,24,28). The number of carbonyl (C=O) groups is 3. The first kappa shape index (κ1) is 22.1. The molecule has 0 saturated heterocycles. The summed E-state index contributed by atoms with van der Waals surface area (Å²) in [6.07, 6.45) is 2.25. The molecule has 1 aromatic carbocycles. The van der Waals surface area contributed by atoms with E-state index in [2.05, 4.69) is 20.0 Å². The van der Waals surface area contributed by atoms with Crippen LogP contribution in [0.1, 0.15) is 35.8 Å². The van der Waals surface area contributed by atoms with Crippen molar-refractivity contribution in [3.63, 3.8) is 0 Å². The maximum absolute atomic E-state index is 13.2. The summed E-state index contributed by atoms with van der Waals surface area (Å²) in [6, 6.07) is 5.52. The fraction of sp³-hybridized carbons (Fsp3) is 0.429. The van der Waals surface area contributed by atoms with Gasteiger partial charge < -0.3 is 29.4 Å². The monoisotopic (exact) mass is 430 g/mol. The molecule has 0 spiro atoms. The highest BCUT2D eigenvalue weighted by Gasteiger charge is 2.36. The van der Waals surface area contributed by atoms with Gasteiger partial charge >= 0.3 is 18.0 Å². The number of carbonyl (C=O) groups excluding carboxylic acids is 3. The van der Waals surface area contributed by atoms with Gasteiger partial charge in [-0.1, -0.05) is 12.1 Å². The third-order valence-corrected chi connectivity index (χ3v) is 5.27. The normalized spacial score (nSPS) is 16.1. The molecule has 0 saturated carbocycles. The number of esters is 2. The van der Waals surface area contributed by atoms with Gasteiger partial charge in [-0.25, -0.2) is 14.6 Å². The number of urea groups is 1. The fourth-order valence-electron chi connectivity index (χ4n) is 3.61. The number of fused-ring (bicyclic) bond motifs is 1. The predicted octanol–water partition coefficient (Wildman–Crippen LogP) is 1.57. The molecule has 2 aromatic rings. The SMILES string of the molecule is COC(=O)CCC(NC(=O)N1CCc2[nH]cnc2C1c1ccc(OC)cc1)C(=O)OC. The van der Waals surface area contributed by atoms with Crippen LogP contribution < -0.4 is 10.1 Å². The molecule has 1 aromatic heterocycles. The van der Waals surface area contributed by atoms with E-state index in [0.29, 0.717) is 18.7 Å². The third-order valence-electron chi connectivity index (χ3n) is 5.27. The van der Waals surface area contributed by atoms with Crippen LogP contribution in [0.25, 0.3) is 0 Å². The molecule has 3 rings (SSSR count). The molecule has 2 atom stereocenters. The van der Waals surface area contributed by atoms with Gasteiger partial charge in [-0.2, -0.15) is 0 Å². The van der Waals surface area contributed by atoms with Gasteiger partial charge in [0.2, 0.25) is 0 Å². The van der Waals surface area contributed by atoms with Crippen LogP contribution in [0.4, 0.5) is 4.79 Å². The lowest BCUT2D eigenvalue weighted by atomic mass is 9.96. The predicted molar refractivity (Wildman–Crippen MR) is 109 cm³/mol. The second-order valence-corrected chi connectivity index (χ2v) is 7.03. The van der Waals surface area contributed by atoms with E-state index in [1.165, 1.54) is 14.2 Å². The van der Waals surface area contributed by atoms with Crippen molar-refractivity contribution >= 4 is 18.0 Å². The molecule has 0 bridgehead atoms. The molecule has 0 aliphatic carbocycles. The maximum Gasteiger partial charge on any atom is 0.328 e. The van der Waals surface area contributed by atoms with Gasteiger partial charge in [0.1, 0.15) is 17.8 Å². The smallest absolute Gasteiger partial charge is 0.328 e. The Hall–Kier alpha value is -3.56. The fourth-order valence-corrected chi connectivity index (χ4v) is 3.61. The van der Waals surface area contributed by atoms with Gasteiger partial charge in [0.05, 0.1) is 33.4 Å². The van der Waals surface area contributed by atoms with Crippen LogP contribution in [0.15, 0.2) is 30.6 Å². The summed E-state index contributed by atoms with van der Waals surface area (Å²) in [5.74, 6) is -0.402. The molecule has 0 radical (unpaired) electrons. The van der Waals surface area contributed by atoms with Gasteiger partial charge in [-0.15, -0.1) is 0 Å². The van der Waals surface area contributed by atoms with Crippen LogP contribution in [0.3, 0.4) is 0 Å². The Labute approximate surface area is 179 Å². The van der Waals surface area contributed by atoms with Crippen molar-refractivity contribution in [2.45, 2.75) is 31.3 Å². The lowest BCUT2D eigenvalue weighted by molar-refractivity contribution is -0.144. The van der Waals surface area contributed by atoms with Crippen LogP contribution in [0.2, 0.25) is 0 Å². The minimum atomic E-state index is -0.978. The molecule has 2 unspecified atom stereocenters. The van der Waals surface area contributed by atoms with Crippen LogP contribution >= 0.6 is 0 Å². The number of imidazole rings is 1. The van der Waals surface area contributed by atoms with Crippen LogP contribution in [-0.4, -0.2) is 66.8 Å². The quantitative estimate of drug-likeness (QED) is 0.639. The first-order chi connectivity index (χ1) is 15.0. The number of hydrogen-bond acceptors (Lipinski definition) is 7. The Morgan fingerprint density at radius 3 is 2.58 bits per heavy atom. The Morgan fingerprint density at radius 1 is 1.19 bits per heavy atom. The molecule has 31 heavy (non-hydrogen) atoms. The van der Waals surface area contributed by atoms with Crippen LogP contribution in [0, 0.1) is 0 Å². The number of rotatable bonds is 7.